The Labute approximate surface area is 129 Å². The number of carbonyl (C=O) groups is 2. The van der Waals surface area contributed by atoms with Crippen LogP contribution in [0.25, 0.3) is 0 Å². The van der Waals surface area contributed by atoms with Crippen LogP contribution in [0.5, 0.6) is 0 Å². The number of hydrogen-bond acceptors (Lipinski definition) is 4. The predicted octanol–water partition coefficient (Wildman–Crippen LogP) is 0.923. The quantitative estimate of drug-likeness (QED) is 0.729. The van der Waals surface area contributed by atoms with E-state index in [4.69, 9.17) is 4.42 Å². The topological polar surface area (TPSA) is 91.6 Å². The SMILES string of the molecule is O=C(CCNC(=O)c1ccco1)NC1C2CCC(C2)C1CO. The van der Waals surface area contributed by atoms with Gasteiger partial charge in [0.05, 0.1) is 6.26 Å². The van der Waals surface area contributed by atoms with Gasteiger partial charge in [0.1, 0.15) is 0 Å². The minimum Gasteiger partial charge on any atom is -0.459 e. The van der Waals surface area contributed by atoms with E-state index in [0.717, 1.165) is 12.8 Å². The van der Waals surface area contributed by atoms with Crippen LogP contribution in [0.4, 0.5) is 0 Å². The molecule has 3 N–H and O–H groups in total. The maximum absolute atomic E-state index is 12.0. The van der Waals surface area contributed by atoms with Crippen LogP contribution in [0.3, 0.4) is 0 Å². The molecule has 4 unspecified atom stereocenters. The second kappa shape index (κ2) is 6.52. The molecule has 6 heteroatoms. The molecule has 1 aromatic rings. The first-order valence-electron chi connectivity index (χ1n) is 7.91. The summed E-state index contributed by atoms with van der Waals surface area (Å²) in [5.74, 6) is 1.11. The van der Waals surface area contributed by atoms with Gasteiger partial charge in [0.15, 0.2) is 5.76 Å². The number of amides is 2. The van der Waals surface area contributed by atoms with Crippen molar-refractivity contribution in [1.82, 2.24) is 10.6 Å². The predicted molar refractivity (Wildman–Crippen MR) is 79.0 cm³/mol. The number of aliphatic hydroxyl groups excluding tert-OH is 1. The molecule has 2 aliphatic carbocycles. The Balaban J connectivity index is 1.42. The molecule has 4 atom stereocenters. The summed E-state index contributed by atoms with van der Waals surface area (Å²) in [6.45, 7) is 0.414. The van der Waals surface area contributed by atoms with Crippen molar-refractivity contribution in [3.05, 3.63) is 24.2 Å². The summed E-state index contributed by atoms with van der Waals surface area (Å²) in [7, 11) is 0. The number of carbonyl (C=O) groups excluding carboxylic acids is 2. The van der Waals surface area contributed by atoms with E-state index in [2.05, 4.69) is 10.6 Å². The molecule has 1 aromatic heterocycles. The Morgan fingerprint density at radius 3 is 2.86 bits per heavy atom. The molecule has 2 fully saturated rings. The van der Waals surface area contributed by atoms with Crippen LogP contribution in [0.1, 0.15) is 36.2 Å². The second-order valence-corrected chi connectivity index (χ2v) is 6.26. The number of nitrogens with one attached hydrogen (secondary N) is 2. The third-order valence-corrected chi connectivity index (χ3v) is 5.01. The molecule has 0 aliphatic heterocycles. The molecule has 0 radical (unpaired) electrons. The molecule has 2 saturated carbocycles. The van der Waals surface area contributed by atoms with Crippen molar-refractivity contribution in [2.24, 2.45) is 17.8 Å². The van der Waals surface area contributed by atoms with Gasteiger partial charge < -0.3 is 20.2 Å². The van der Waals surface area contributed by atoms with Gasteiger partial charge in [-0.2, -0.15) is 0 Å². The maximum Gasteiger partial charge on any atom is 0.286 e. The maximum atomic E-state index is 12.0. The van der Waals surface area contributed by atoms with Gasteiger partial charge in [-0.3, -0.25) is 9.59 Å². The van der Waals surface area contributed by atoms with E-state index in [9.17, 15) is 14.7 Å². The van der Waals surface area contributed by atoms with Crippen LogP contribution in [-0.4, -0.2) is 36.1 Å². The smallest absolute Gasteiger partial charge is 0.286 e. The van der Waals surface area contributed by atoms with Gasteiger partial charge in [0, 0.05) is 31.5 Å². The van der Waals surface area contributed by atoms with Crippen molar-refractivity contribution in [1.29, 1.82) is 0 Å². The van der Waals surface area contributed by atoms with Gasteiger partial charge in [-0.05, 0) is 43.2 Å². The Morgan fingerprint density at radius 2 is 2.14 bits per heavy atom. The third-order valence-electron chi connectivity index (χ3n) is 5.01. The van der Waals surface area contributed by atoms with Crippen LogP contribution in [0, 0.1) is 17.8 Å². The molecular weight excluding hydrogens is 284 g/mol. The van der Waals surface area contributed by atoms with Gasteiger partial charge in [0.2, 0.25) is 5.91 Å². The van der Waals surface area contributed by atoms with Gasteiger partial charge in [-0.25, -0.2) is 0 Å². The van der Waals surface area contributed by atoms with Crippen LogP contribution in [0.15, 0.2) is 22.8 Å². The zero-order valence-electron chi connectivity index (χ0n) is 12.5. The number of aliphatic hydroxyl groups is 1. The summed E-state index contributed by atoms with van der Waals surface area (Å²) >= 11 is 0. The lowest BCUT2D eigenvalue weighted by Crippen LogP contribution is -2.46. The van der Waals surface area contributed by atoms with E-state index in [1.807, 2.05) is 0 Å². The highest BCUT2D eigenvalue weighted by molar-refractivity contribution is 5.91. The van der Waals surface area contributed by atoms with Crippen LogP contribution >= 0.6 is 0 Å². The molecular formula is C16H22N2O4. The molecule has 0 saturated heterocycles. The summed E-state index contributed by atoms with van der Waals surface area (Å²) < 4.78 is 4.98. The molecule has 2 bridgehead atoms. The Bertz CT molecular complexity index is 528. The average molecular weight is 306 g/mol. The van der Waals surface area contributed by atoms with Gasteiger partial charge >= 0.3 is 0 Å². The first kappa shape index (κ1) is 15.1. The monoisotopic (exact) mass is 306 g/mol. The first-order valence-corrected chi connectivity index (χ1v) is 7.91. The fraction of sp³-hybridized carbons (Fsp3) is 0.625. The van der Waals surface area contributed by atoms with Crippen LogP contribution in [0.2, 0.25) is 0 Å². The second-order valence-electron chi connectivity index (χ2n) is 6.26. The van der Waals surface area contributed by atoms with E-state index >= 15 is 0 Å². The van der Waals surface area contributed by atoms with Crippen molar-refractivity contribution in [2.45, 2.75) is 31.7 Å². The van der Waals surface area contributed by atoms with E-state index in [0.29, 0.717) is 11.8 Å². The lowest BCUT2D eigenvalue weighted by molar-refractivity contribution is -0.122. The molecule has 0 aromatic carbocycles. The fourth-order valence-corrected chi connectivity index (χ4v) is 3.94. The summed E-state index contributed by atoms with van der Waals surface area (Å²) in [5.41, 5.74) is 0. The molecule has 2 amide bonds. The Kier molecular flexibility index (Phi) is 4.47. The summed E-state index contributed by atoms with van der Waals surface area (Å²) in [6, 6.07) is 3.32. The van der Waals surface area contributed by atoms with Crippen molar-refractivity contribution < 1.29 is 19.1 Å². The number of furan rings is 1. The molecule has 6 nitrogen and oxygen atoms in total. The van der Waals surface area contributed by atoms with E-state index in [1.54, 1.807) is 12.1 Å². The van der Waals surface area contributed by atoms with Crippen molar-refractivity contribution in [2.75, 3.05) is 13.2 Å². The summed E-state index contributed by atoms with van der Waals surface area (Å²) in [4.78, 5) is 23.7. The van der Waals surface area contributed by atoms with E-state index in [-0.39, 0.29) is 49.1 Å². The standard InChI is InChI=1S/C16H22N2O4/c19-9-12-10-3-4-11(8-10)15(12)18-14(20)5-6-17-16(21)13-2-1-7-22-13/h1-2,7,10-12,15,19H,3-6,8-9H2,(H,17,21)(H,18,20). The zero-order chi connectivity index (χ0) is 15.5. The lowest BCUT2D eigenvalue weighted by Gasteiger charge is -2.30. The fourth-order valence-electron chi connectivity index (χ4n) is 3.94. The number of hydrogen-bond donors (Lipinski definition) is 3. The molecule has 0 spiro atoms. The highest BCUT2D eigenvalue weighted by Crippen LogP contribution is 2.48. The van der Waals surface area contributed by atoms with E-state index < -0.39 is 0 Å². The normalized spacial score (nSPS) is 29.5. The molecule has 1 heterocycles. The third kappa shape index (κ3) is 3.02. The zero-order valence-corrected chi connectivity index (χ0v) is 12.5. The highest BCUT2D eigenvalue weighted by Gasteiger charge is 2.47. The molecule has 22 heavy (non-hydrogen) atoms. The number of fused-ring (bicyclic) bond motifs is 2. The first-order chi connectivity index (χ1) is 10.7. The molecule has 2 aliphatic rings. The summed E-state index contributed by atoms with van der Waals surface area (Å²) in [5, 5.41) is 15.2. The van der Waals surface area contributed by atoms with Crippen LogP contribution < -0.4 is 10.6 Å². The molecule has 120 valence electrons. The minimum atomic E-state index is -0.314. The van der Waals surface area contributed by atoms with Crippen molar-refractivity contribution >= 4 is 11.8 Å². The largest absolute Gasteiger partial charge is 0.459 e. The van der Waals surface area contributed by atoms with Gasteiger partial charge in [-0.15, -0.1) is 0 Å². The van der Waals surface area contributed by atoms with Gasteiger partial charge in [0.25, 0.3) is 5.91 Å². The lowest BCUT2D eigenvalue weighted by atomic mass is 9.85. The Morgan fingerprint density at radius 1 is 1.32 bits per heavy atom. The molecule has 3 rings (SSSR count). The highest BCUT2D eigenvalue weighted by atomic mass is 16.3. The van der Waals surface area contributed by atoms with Crippen molar-refractivity contribution in [3.63, 3.8) is 0 Å². The van der Waals surface area contributed by atoms with Crippen LogP contribution in [-0.2, 0) is 4.79 Å². The Hall–Kier alpha value is -1.82. The number of rotatable bonds is 6. The average Bonchev–Trinajstić information content (AvgIpc) is 3.24. The minimum absolute atomic E-state index is 0.0734. The van der Waals surface area contributed by atoms with Gasteiger partial charge in [-0.1, -0.05) is 0 Å². The van der Waals surface area contributed by atoms with Crippen molar-refractivity contribution in [3.8, 4) is 0 Å². The summed E-state index contributed by atoms with van der Waals surface area (Å²) in [6.07, 6.45) is 5.10. The van der Waals surface area contributed by atoms with E-state index in [1.165, 1.54) is 12.7 Å².